The maximum Gasteiger partial charge on any atom is 0.239 e. The molecule has 0 bridgehead atoms. The molecule has 1 aromatic carbocycles. The van der Waals surface area contributed by atoms with Crippen LogP contribution >= 0.6 is 0 Å². The number of nitrogens with one attached hydrogen (secondary N) is 1. The van der Waals surface area contributed by atoms with Gasteiger partial charge in [0.1, 0.15) is 11.2 Å². The van der Waals surface area contributed by atoms with Gasteiger partial charge in [-0.3, -0.25) is 14.9 Å². The molecule has 6 nitrogen and oxygen atoms in total. The van der Waals surface area contributed by atoms with E-state index in [1.165, 1.54) is 13.2 Å². The molecule has 1 heterocycles. The number of anilines is 1. The van der Waals surface area contributed by atoms with Crippen LogP contribution in [0.15, 0.2) is 42.1 Å². The Labute approximate surface area is 128 Å². The lowest BCUT2D eigenvalue weighted by atomic mass is 9.78. The summed E-state index contributed by atoms with van der Waals surface area (Å²) in [5, 5.41) is 13.5. The zero-order chi connectivity index (χ0) is 16.3. The van der Waals surface area contributed by atoms with E-state index in [9.17, 15) is 14.9 Å². The highest BCUT2D eigenvalue weighted by Gasteiger charge is 2.45. The van der Waals surface area contributed by atoms with Gasteiger partial charge in [0.25, 0.3) is 0 Å². The van der Waals surface area contributed by atoms with Crippen molar-refractivity contribution in [2.75, 3.05) is 12.4 Å². The standard InChI is InChI=1S/C16H18N2O4/c1-11(2)6-7-16(8-9-18(20)21)13-10-12(22-3)4-5-14(13)17-15(16)19/h4-6,8-10H,7H2,1-3H3,(H,17,19)/b9-8+/t16-/m0/s1. The number of rotatable bonds is 5. The van der Waals surface area contributed by atoms with Gasteiger partial charge in [-0.05, 0) is 44.0 Å². The molecule has 0 aromatic heterocycles. The lowest BCUT2D eigenvalue weighted by molar-refractivity contribution is -0.402. The van der Waals surface area contributed by atoms with E-state index in [0.717, 1.165) is 11.8 Å². The highest BCUT2D eigenvalue weighted by molar-refractivity contribution is 6.08. The minimum atomic E-state index is -1.09. The number of nitrogens with zero attached hydrogens (tertiary/aromatic N) is 1. The van der Waals surface area contributed by atoms with Crippen molar-refractivity contribution in [1.29, 1.82) is 0 Å². The molecule has 0 radical (unpaired) electrons. The Morgan fingerprint density at radius 3 is 2.77 bits per heavy atom. The summed E-state index contributed by atoms with van der Waals surface area (Å²) in [4.78, 5) is 22.7. The molecule has 0 unspecified atom stereocenters. The molecular formula is C16H18N2O4. The molecule has 1 aliphatic rings. The van der Waals surface area contributed by atoms with Gasteiger partial charge in [0.15, 0.2) is 0 Å². The largest absolute Gasteiger partial charge is 0.497 e. The molecule has 1 aliphatic heterocycles. The van der Waals surface area contributed by atoms with Crippen LogP contribution in [0.3, 0.4) is 0 Å². The first kappa shape index (κ1) is 15.8. The van der Waals surface area contributed by atoms with Gasteiger partial charge in [-0.25, -0.2) is 0 Å². The number of carbonyl (C=O) groups is 1. The van der Waals surface area contributed by atoms with Crippen LogP contribution in [0.25, 0.3) is 0 Å². The van der Waals surface area contributed by atoms with Crippen LogP contribution in [0.1, 0.15) is 25.8 Å². The van der Waals surface area contributed by atoms with Gasteiger partial charge in [0.2, 0.25) is 12.1 Å². The van der Waals surface area contributed by atoms with Crippen molar-refractivity contribution >= 4 is 11.6 Å². The maximum atomic E-state index is 12.5. The normalized spacial score (nSPS) is 19.7. The Morgan fingerprint density at radius 1 is 1.45 bits per heavy atom. The molecule has 1 amide bonds. The lowest BCUT2D eigenvalue weighted by Gasteiger charge is -2.21. The predicted octanol–water partition coefficient (Wildman–Crippen LogP) is 3.03. The molecule has 0 saturated carbocycles. The molecule has 1 N–H and O–H groups in total. The molecule has 0 saturated heterocycles. The van der Waals surface area contributed by atoms with E-state index in [0.29, 0.717) is 23.4 Å². The maximum absolute atomic E-state index is 12.5. The van der Waals surface area contributed by atoms with E-state index in [1.54, 1.807) is 18.2 Å². The van der Waals surface area contributed by atoms with Gasteiger partial charge in [-0.15, -0.1) is 0 Å². The average molecular weight is 302 g/mol. The number of ether oxygens (including phenoxy) is 1. The summed E-state index contributed by atoms with van der Waals surface area (Å²) >= 11 is 0. The van der Waals surface area contributed by atoms with Crippen molar-refractivity contribution in [2.24, 2.45) is 0 Å². The summed E-state index contributed by atoms with van der Waals surface area (Å²) in [5.41, 5.74) is 1.29. The highest BCUT2D eigenvalue weighted by atomic mass is 16.6. The topological polar surface area (TPSA) is 81.5 Å². The van der Waals surface area contributed by atoms with Crippen LogP contribution in [-0.4, -0.2) is 17.9 Å². The van der Waals surface area contributed by atoms with Crippen LogP contribution in [0.4, 0.5) is 5.69 Å². The first-order valence-electron chi connectivity index (χ1n) is 6.85. The Kier molecular flexibility index (Phi) is 4.30. The number of fused-ring (bicyclic) bond motifs is 1. The number of nitro groups is 1. The van der Waals surface area contributed by atoms with E-state index in [1.807, 2.05) is 19.9 Å². The molecule has 0 fully saturated rings. The minimum Gasteiger partial charge on any atom is -0.497 e. The zero-order valence-corrected chi connectivity index (χ0v) is 12.8. The number of amides is 1. The Balaban J connectivity index is 2.60. The Morgan fingerprint density at radius 2 is 2.18 bits per heavy atom. The Bertz CT molecular complexity index is 675. The smallest absolute Gasteiger partial charge is 0.239 e. The summed E-state index contributed by atoms with van der Waals surface area (Å²) in [6, 6.07) is 5.24. The second kappa shape index (κ2) is 6.01. The van der Waals surface area contributed by atoms with Crippen molar-refractivity contribution in [3.63, 3.8) is 0 Å². The SMILES string of the molecule is COc1ccc2c(c1)[C@@](/C=C/[N+](=O)[O-])(CC=C(C)C)C(=O)N2. The van der Waals surface area contributed by atoms with Gasteiger partial charge >= 0.3 is 0 Å². The first-order valence-corrected chi connectivity index (χ1v) is 6.85. The number of hydrogen-bond donors (Lipinski definition) is 1. The third-order valence-electron chi connectivity index (χ3n) is 3.67. The summed E-state index contributed by atoms with van der Waals surface area (Å²) < 4.78 is 5.21. The quantitative estimate of drug-likeness (QED) is 0.515. The molecule has 6 heteroatoms. The van der Waals surface area contributed by atoms with E-state index >= 15 is 0 Å². The van der Waals surface area contributed by atoms with E-state index in [-0.39, 0.29) is 5.91 Å². The summed E-state index contributed by atoms with van der Waals surface area (Å²) in [5.74, 6) is 0.331. The highest BCUT2D eigenvalue weighted by Crippen LogP contribution is 2.43. The molecule has 0 aliphatic carbocycles. The summed E-state index contributed by atoms with van der Waals surface area (Å²) in [7, 11) is 1.54. The number of carbonyl (C=O) groups excluding carboxylic acids is 1. The lowest BCUT2D eigenvalue weighted by Crippen LogP contribution is -2.32. The van der Waals surface area contributed by atoms with Crippen LogP contribution < -0.4 is 10.1 Å². The Hall–Kier alpha value is -2.63. The van der Waals surface area contributed by atoms with Crippen LogP contribution in [0.5, 0.6) is 5.75 Å². The summed E-state index contributed by atoms with van der Waals surface area (Å²) in [6.45, 7) is 3.84. The third kappa shape index (κ3) is 2.86. The number of hydrogen-bond acceptors (Lipinski definition) is 4. The molecule has 0 spiro atoms. The van der Waals surface area contributed by atoms with Crippen LogP contribution in [0, 0.1) is 10.1 Å². The summed E-state index contributed by atoms with van der Waals surface area (Å²) in [6.07, 6.45) is 4.43. The monoisotopic (exact) mass is 302 g/mol. The number of benzene rings is 1. The fraction of sp³-hybridized carbons (Fsp3) is 0.312. The fourth-order valence-electron chi connectivity index (χ4n) is 2.47. The van der Waals surface area contributed by atoms with Crippen molar-refractivity contribution in [3.8, 4) is 5.75 Å². The second-order valence-corrected chi connectivity index (χ2v) is 5.42. The number of methoxy groups -OCH3 is 1. The molecule has 1 aromatic rings. The van der Waals surface area contributed by atoms with Crippen LogP contribution in [0.2, 0.25) is 0 Å². The van der Waals surface area contributed by atoms with Gasteiger partial charge in [-0.1, -0.05) is 11.6 Å². The fourth-order valence-corrected chi connectivity index (χ4v) is 2.47. The predicted molar refractivity (Wildman–Crippen MR) is 83.5 cm³/mol. The minimum absolute atomic E-state index is 0.272. The first-order chi connectivity index (χ1) is 10.4. The second-order valence-electron chi connectivity index (χ2n) is 5.42. The van der Waals surface area contributed by atoms with Crippen LogP contribution in [-0.2, 0) is 10.2 Å². The van der Waals surface area contributed by atoms with Crippen molar-refractivity contribution < 1.29 is 14.5 Å². The number of allylic oxidation sites excluding steroid dienone is 2. The molecule has 116 valence electrons. The van der Waals surface area contributed by atoms with Crippen molar-refractivity contribution in [2.45, 2.75) is 25.7 Å². The van der Waals surface area contributed by atoms with E-state index < -0.39 is 10.3 Å². The van der Waals surface area contributed by atoms with Gasteiger partial charge < -0.3 is 10.1 Å². The molecule has 2 rings (SSSR count). The van der Waals surface area contributed by atoms with Crippen molar-refractivity contribution in [1.82, 2.24) is 0 Å². The molecular weight excluding hydrogens is 284 g/mol. The third-order valence-corrected chi connectivity index (χ3v) is 3.67. The van der Waals surface area contributed by atoms with Gasteiger partial charge in [0, 0.05) is 11.8 Å². The zero-order valence-electron chi connectivity index (χ0n) is 12.8. The van der Waals surface area contributed by atoms with Gasteiger partial charge in [-0.2, -0.15) is 0 Å². The molecule has 1 atom stereocenters. The van der Waals surface area contributed by atoms with E-state index in [4.69, 9.17) is 4.74 Å². The molecule has 22 heavy (non-hydrogen) atoms. The average Bonchev–Trinajstić information content (AvgIpc) is 2.74. The van der Waals surface area contributed by atoms with Gasteiger partial charge in [0.05, 0.1) is 12.0 Å². The van der Waals surface area contributed by atoms with E-state index in [2.05, 4.69) is 5.32 Å². The van der Waals surface area contributed by atoms with Crippen molar-refractivity contribution in [3.05, 3.63) is 57.8 Å².